The third-order valence-corrected chi connectivity index (χ3v) is 5.34. The number of rotatable bonds is 8. The molecule has 6 nitrogen and oxygen atoms in total. The minimum Gasteiger partial charge on any atom is -0.497 e. The minimum atomic E-state index is -0.0807. The van der Waals surface area contributed by atoms with Crippen molar-refractivity contribution < 1.29 is 9.53 Å². The van der Waals surface area contributed by atoms with Gasteiger partial charge in [0, 0.05) is 17.8 Å². The molecule has 0 atom stereocenters. The van der Waals surface area contributed by atoms with Crippen molar-refractivity contribution >= 4 is 23.4 Å². The van der Waals surface area contributed by atoms with E-state index >= 15 is 0 Å². The van der Waals surface area contributed by atoms with Crippen LogP contribution >= 0.6 is 11.8 Å². The van der Waals surface area contributed by atoms with Gasteiger partial charge in [0.2, 0.25) is 5.91 Å². The van der Waals surface area contributed by atoms with Crippen molar-refractivity contribution in [2.75, 3.05) is 18.2 Å². The third-order valence-electron chi connectivity index (χ3n) is 4.38. The van der Waals surface area contributed by atoms with Gasteiger partial charge < -0.3 is 10.1 Å². The number of hydrogen-bond acceptors (Lipinski definition) is 5. The molecule has 1 N–H and O–H groups in total. The van der Waals surface area contributed by atoms with Gasteiger partial charge in [0.15, 0.2) is 11.0 Å². The number of carbonyl (C=O) groups is 1. The minimum absolute atomic E-state index is 0.0807. The molecule has 3 rings (SSSR count). The Morgan fingerprint density at radius 2 is 1.97 bits per heavy atom. The van der Waals surface area contributed by atoms with Crippen LogP contribution in [0.5, 0.6) is 5.75 Å². The van der Waals surface area contributed by atoms with Gasteiger partial charge in [0.05, 0.1) is 12.9 Å². The Hall–Kier alpha value is -3.06. The topological polar surface area (TPSA) is 69.0 Å². The van der Waals surface area contributed by atoms with Crippen LogP contribution in [0.25, 0.3) is 11.4 Å². The molecule has 0 saturated heterocycles. The maximum absolute atomic E-state index is 12.4. The van der Waals surface area contributed by atoms with Gasteiger partial charge in [-0.25, -0.2) is 0 Å². The Balaban J connectivity index is 1.73. The molecule has 0 aliphatic heterocycles. The molecule has 1 heterocycles. The second-order valence-corrected chi connectivity index (χ2v) is 7.53. The van der Waals surface area contributed by atoms with Gasteiger partial charge in [-0.2, -0.15) is 0 Å². The molecule has 29 heavy (non-hydrogen) atoms. The number of amides is 1. The number of ether oxygens (including phenoxy) is 1. The van der Waals surface area contributed by atoms with Gasteiger partial charge in [-0.05, 0) is 55.3 Å². The number of allylic oxidation sites excluding steroid dienone is 1. The van der Waals surface area contributed by atoms with Crippen molar-refractivity contribution in [2.45, 2.75) is 25.5 Å². The van der Waals surface area contributed by atoms with Crippen molar-refractivity contribution in [3.63, 3.8) is 0 Å². The van der Waals surface area contributed by atoms with E-state index in [4.69, 9.17) is 4.74 Å². The van der Waals surface area contributed by atoms with Crippen LogP contribution in [0.2, 0.25) is 0 Å². The Bertz CT molecular complexity index is 1010. The lowest BCUT2D eigenvalue weighted by atomic mass is 10.1. The Morgan fingerprint density at radius 1 is 1.21 bits per heavy atom. The molecule has 1 aromatic heterocycles. The molecule has 0 saturated carbocycles. The summed E-state index contributed by atoms with van der Waals surface area (Å²) in [4.78, 5) is 12.4. The van der Waals surface area contributed by atoms with E-state index < -0.39 is 0 Å². The molecule has 150 valence electrons. The van der Waals surface area contributed by atoms with Crippen molar-refractivity contribution in [2.24, 2.45) is 0 Å². The molecule has 0 bridgehead atoms. The van der Waals surface area contributed by atoms with Gasteiger partial charge in [-0.1, -0.05) is 30.0 Å². The summed E-state index contributed by atoms with van der Waals surface area (Å²) >= 11 is 1.35. The number of benzene rings is 2. The Morgan fingerprint density at radius 3 is 2.66 bits per heavy atom. The van der Waals surface area contributed by atoms with E-state index in [1.807, 2.05) is 60.9 Å². The smallest absolute Gasteiger partial charge is 0.234 e. The molecule has 0 aliphatic carbocycles. The Labute approximate surface area is 175 Å². The zero-order valence-corrected chi connectivity index (χ0v) is 17.6. The summed E-state index contributed by atoms with van der Waals surface area (Å²) in [5.74, 6) is 1.67. The molecule has 0 aliphatic rings. The first kappa shape index (κ1) is 20.7. The first-order chi connectivity index (χ1) is 14.0. The number of aromatic nitrogens is 3. The second-order valence-electron chi connectivity index (χ2n) is 6.59. The highest BCUT2D eigenvalue weighted by atomic mass is 32.2. The van der Waals surface area contributed by atoms with Crippen molar-refractivity contribution in [3.05, 3.63) is 66.2 Å². The van der Waals surface area contributed by atoms with Crippen molar-refractivity contribution in [3.8, 4) is 17.1 Å². The highest BCUT2D eigenvalue weighted by Gasteiger charge is 2.15. The fraction of sp³-hybridized carbons (Fsp3) is 0.227. The van der Waals surface area contributed by atoms with Gasteiger partial charge in [-0.3, -0.25) is 9.36 Å². The number of nitrogens with zero attached hydrogens (tertiary/aromatic N) is 3. The number of thioether (sulfide) groups is 1. The van der Waals surface area contributed by atoms with Crippen LogP contribution < -0.4 is 10.1 Å². The van der Waals surface area contributed by atoms with E-state index in [1.54, 1.807) is 13.2 Å². The van der Waals surface area contributed by atoms with Gasteiger partial charge in [0.1, 0.15) is 5.75 Å². The number of nitrogens with one attached hydrogen (secondary N) is 1. The first-order valence-electron chi connectivity index (χ1n) is 9.20. The van der Waals surface area contributed by atoms with E-state index in [0.29, 0.717) is 11.7 Å². The number of carbonyl (C=O) groups excluding carboxylic acids is 1. The van der Waals surface area contributed by atoms with E-state index in [0.717, 1.165) is 34.0 Å². The normalized spacial score (nSPS) is 10.6. The highest BCUT2D eigenvalue weighted by Crippen LogP contribution is 2.26. The molecule has 0 fully saturated rings. The lowest BCUT2D eigenvalue weighted by Crippen LogP contribution is -2.15. The number of hydrogen-bond donors (Lipinski definition) is 1. The van der Waals surface area contributed by atoms with Crippen LogP contribution in [0.4, 0.5) is 5.69 Å². The average molecular weight is 409 g/mol. The van der Waals surface area contributed by atoms with Crippen LogP contribution in [0, 0.1) is 13.8 Å². The zero-order valence-electron chi connectivity index (χ0n) is 16.8. The summed E-state index contributed by atoms with van der Waals surface area (Å²) in [5, 5.41) is 12.2. The number of methoxy groups -OCH3 is 1. The molecule has 1 amide bonds. The van der Waals surface area contributed by atoms with Crippen molar-refractivity contribution in [1.82, 2.24) is 14.8 Å². The molecular formula is C22H24N4O2S. The SMILES string of the molecule is C=CCn1c(SCC(=O)Nc2cc(C)ccc2C)nnc1-c1ccc(OC)cc1. The number of anilines is 1. The molecule has 0 radical (unpaired) electrons. The lowest BCUT2D eigenvalue weighted by molar-refractivity contribution is -0.113. The zero-order chi connectivity index (χ0) is 20.8. The predicted molar refractivity (Wildman–Crippen MR) is 117 cm³/mol. The predicted octanol–water partition coefficient (Wildman–Crippen LogP) is 4.49. The third kappa shape index (κ3) is 5.06. The number of aryl methyl sites for hydroxylation is 2. The second kappa shape index (κ2) is 9.43. The molecule has 0 spiro atoms. The summed E-state index contributed by atoms with van der Waals surface area (Å²) in [6.07, 6.45) is 1.79. The van der Waals surface area contributed by atoms with Crippen molar-refractivity contribution in [1.29, 1.82) is 0 Å². The van der Waals surface area contributed by atoms with Crippen LogP contribution in [0.3, 0.4) is 0 Å². The van der Waals surface area contributed by atoms with Crippen LogP contribution in [-0.2, 0) is 11.3 Å². The summed E-state index contributed by atoms with van der Waals surface area (Å²) in [7, 11) is 1.63. The molecule has 3 aromatic rings. The first-order valence-corrected chi connectivity index (χ1v) is 10.2. The summed E-state index contributed by atoms with van der Waals surface area (Å²) in [5.41, 5.74) is 3.90. The van der Waals surface area contributed by atoms with Gasteiger partial charge >= 0.3 is 0 Å². The van der Waals surface area contributed by atoms with E-state index in [1.165, 1.54) is 11.8 Å². The van der Waals surface area contributed by atoms with Gasteiger partial charge in [-0.15, -0.1) is 16.8 Å². The van der Waals surface area contributed by atoms with Crippen LogP contribution in [0.15, 0.2) is 60.3 Å². The van der Waals surface area contributed by atoms with Crippen LogP contribution in [-0.4, -0.2) is 33.5 Å². The van der Waals surface area contributed by atoms with Crippen LogP contribution in [0.1, 0.15) is 11.1 Å². The summed E-state index contributed by atoms with van der Waals surface area (Å²) in [6.45, 7) is 8.35. The highest BCUT2D eigenvalue weighted by molar-refractivity contribution is 7.99. The molecule has 7 heteroatoms. The average Bonchev–Trinajstić information content (AvgIpc) is 3.12. The maximum atomic E-state index is 12.4. The monoisotopic (exact) mass is 408 g/mol. The standard InChI is InChI=1S/C22H24N4O2S/c1-5-12-26-21(17-8-10-18(28-4)11-9-17)24-25-22(26)29-14-20(27)23-19-13-15(2)6-7-16(19)3/h5-11,13H,1,12,14H2,2-4H3,(H,23,27). The molecular weight excluding hydrogens is 384 g/mol. The fourth-order valence-electron chi connectivity index (χ4n) is 2.83. The quantitative estimate of drug-likeness (QED) is 0.439. The van der Waals surface area contributed by atoms with Gasteiger partial charge in [0.25, 0.3) is 0 Å². The maximum Gasteiger partial charge on any atom is 0.234 e. The van der Waals surface area contributed by atoms with E-state index in [9.17, 15) is 4.79 Å². The summed E-state index contributed by atoms with van der Waals surface area (Å²) in [6, 6.07) is 13.6. The van der Waals surface area contributed by atoms with E-state index in [-0.39, 0.29) is 11.7 Å². The summed E-state index contributed by atoms with van der Waals surface area (Å²) < 4.78 is 7.16. The fourth-order valence-corrected chi connectivity index (χ4v) is 3.58. The molecule has 0 unspecified atom stereocenters. The van der Waals surface area contributed by atoms with E-state index in [2.05, 4.69) is 22.1 Å². The largest absolute Gasteiger partial charge is 0.497 e. The molecule has 2 aromatic carbocycles. The lowest BCUT2D eigenvalue weighted by Gasteiger charge is -2.10. The Kier molecular flexibility index (Phi) is 6.72.